The molecule has 0 radical (unpaired) electrons. The van der Waals surface area contributed by atoms with E-state index in [0.29, 0.717) is 5.82 Å². The van der Waals surface area contributed by atoms with Crippen molar-refractivity contribution in [2.24, 2.45) is 0 Å². The monoisotopic (exact) mass is 220 g/mol. The molecule has 1 saturated heterocycles. The second-order valence-electron chi connectivity index (χ2n) is 4.11. The first kappa shape index (κ1) is 10.9. The van der Waals surface area contributed by atoms with E-state index in [1.165, 1.54) is 5.57 Å². The van der Waals surface area contributed by atoms with E-state index < -0.39 is 0 Å². The van der Waals surface area contributed by atoms with Crippen LogP contribution in [-0.2, 0) is 4.79 Å². The predicted molar refractivity (Wildman–Crippen MR) is 62.3 cm³/mol. The van der Waals surface area contributed by atoms with Gasteiger partial charge in [-0.05, 0) is 26.3 Å². The van der Waals surface area contributed by atoms with E-state index in [-0.39, 0.29) is 5.91 Å². The number of aromatic amines is 1. The van der Waals surface area contributed by atoms with Crippen molar-refractivity contribution < 1.29 is 4.79 Å². The van der Waals surface area contributed by atoms with Crippen LogP contribution in [0.1, 0.15) is 18.2 Å². The highest BCUT2D eigenvalue weighted by atomic mass is 16.1. The van der Waals surface area contributed by atoms with Gasteiger partial charge in [0.2, 0.25) is 0 Å². The minimum atomic E-state index is -0.0638. The number of rotatable bonds is 2. The van der Waals surface area contributed by atoms with Crippen molar-refractivity contribution in [3.8, 4) is 0 Å². The number of nitrogens with one attached hydrogen (secondary N) is 3. The van der Waals surface area contributed by atoms with Crippen molar-refractivity contribution in [1.82, 2.24) is 15.5 Å². The van der Waals surface area contributed by atoms with Crippen LogP contribution in [0.4, 0.5) is 5.82 Å². The molecule has 5 heteroatoms. The van der Waals surface area contributed by atoms with E-state index >= 15 is 0 Å². The van der Waals surface area contributed by atoms with Crippen LogP contribution in [0.2, 0.25) is 0 Å². The van der Waals surface area contributed by atoms with Gasteiger partial charge in [0, 0.05) is 29.9 Å². The van der Waals surface area contributed by atoms with Gasteiger partial charge in [-0.3, -0.25) is 9.89 Å². The maximum atomic E-state index is 11.9. The van der Waals surface area contributed by atoms with Gasteiger partial charge < -0.3 is 10.6 Å². The van der Waals surface area contributed by atoms with Crippen molar-refractivity contribution in [2.45, 2.75) is 20.8 Å². The lowest BCUT2D eigenvalue weighted by Gasteiger charge is -2.21. The summed E-state index contributed by atoms with van der Waals surface area (Å²) in [6.07, 6.45) is 0. The molecular weight excluding hydrogens is 204 g/mol. The normalized spacial score (nSPS) is 14.6. The summed E-state index contributed by atoms with van der Waals surface area (Å²) in [4.78, 5) is 11.9. The fourth-order valence-corrected chi connectivity index (χ4v) is 1.48. The zero-order valence-electron chi connectivity index (χ0n) is 9.77. The topological polar surface area (TPSA) is 69.8 Å². The molecule has 16 heavy (non-hydrogen) atoms. The van der Waals surface area contributed by atoms with Crippen LogP contribution in [0.3, 0.4) is 0 Å². The number of hydrogen-bond acceptors (Lipinski definition) is 3. The molecule has 0 aromatic carbocycles. The fourth-order valence-electron chi connectivity index (χ4n) is 1.48. The molecule has 0 saturated carbocycles. The molecule has 1 aromatic rings. The molecule has 1 aliphatic rings. The van der Waals surface area contributed by atoms with Crippen LogP contribution in [0, 0.1) is 13.8 Å². The van der Waals surface area contributed by atoms with Crippen molar-refractivity contribution in [2.75, 3.05) is 18.4 Å². The molecule has 0 aliphatic carbocycles. The van der Waals surface area contributed by atoms with E-state index in [1.54, 1.807) is 0 Å². The molecule has 1 aromatic heterocycles. The number of carbonyl (C=O) groups excluding carboxylic acids is 1. The summed E-state index contributed by atoms with van der Waals surface area (Å²) in [6.45, 7) is 7.34. The summed E-state index contributed by atoms with van der Waals surface area (Å²) >= 11 is 0. The molecule has 1 fully saturated rings. The molecule has 0 atom stereocenters. The maximum absolute atomic E-state index is 11.9. The summed E-state index contributed by atoms with van der Waals surface area (Å²) in [5.74, 6) is 0.556. The zero-order chi connectivity index (χ0) is 11.7. The fraction of sp³-hybridized carbons (Fsp3) is 0.455. The quantitative estimate of drug-likeness (QED) is 0.648. The summed E-state index contributed by atoms with van der Waals surface area (Å²) < 4.78 is 0. The Labute approximate surface area is 94.3 Å². The van der Waals surface area contributed by atoms with Gasteiger partial charge in [-0.15, -0.1) is 0 Å². The predicted octanol–water partition coefficient (Wildman–Crippen LogP) is 0.885. The number of anilines is 1. The zero-order valence-corrected chi connectivity index (χ0v) is 9.77. The number of hydrogen-bond donors (Lipinski definition) is 3. The molecule has 2 heterocycles. The van der Waals surface area contributed by atoms with Gasteiger partial charge in [0.05, 0.1) is 0 Å². The third kappa shape index (κ3) is 1.86. The Hall–Kier alpha value is -1.62. The lowest BCUT2D eigenvalue weighted by molar-refractivity contribution is -0.112. The Kier molecular flexibility index (Phi) is 2.78. The number of aryl methyl sites for hydroxylation is 1. The van der Waals surface area contributed by atoms with E-state index in [1.807, 2.05) is 20.8 Å². The molecule has 1 amide bonds. The first-order chi connectivity index (χ1) is 7.59. The van der Waals surface area contributed by atoms with E-state index in [0.717, 1.165) is 29.9 Å². The minimum absolute atomic E-state index is 0.0638. The van der Waals surface area contributed by atoms with E-state index in [4.69, 9.17) is 0 Å². The average Bonchev–Trinajstić information content (AvgIpc) is 2.47. The molecule has 3 N–H and O–H groups in total. The molecule has 2 rings (SSSR count). The van der Waals surface area contributed by atoms with E-state index in [9.17, 15) is 4.79 Å². The third-order valence-corrected chi connectivity index (χ3v) is 3.03. The highest BCUT2D eigenvalue weighted by Crippen LogP contribution is 2.16. The van der Waals surface area contributed by atoms with Gasteiger partial charge in [0.25, 0.3) is 5.91 Å². The maximum Gasteiger partial charge on any atom is 0.252 e. The number of nitrogens with zero attached hydrogens (tertiary/aromatic N) is 1. The Balaban J connectivity index is 2.10. The number of amides is 1. The summed E-state index contributed by atoms with van der Waals surface area (Å²) in [5, 5.41) is 12.8. The highest BCUT2D eigenvalue weighted by molar-refractivity contribution is 6.03. The minimum Gasteiger partial charge on any atom is -0.309 e. The molecule has 86 valence electrons. The number of aromatic nitrogens is 2. The van der Waals surface area contributed by atoms with Crippen LogP contribution in [0.15, 0.2) is 11.1 Å². The third-order valence-electron chi connectivity index (χ3n) is 3.03. The van der Waals surface area contributed by atoms with Crippen LogP contribution in [0.25, 0.3) is 0 Å². The molecule has 5 nitrogen and oxygen atoms in total. The Bertz CT molecular complexity index is 453. The second kappa shape index (κ2) is 4.09. The molecule has 0 unspecified atom stereocenters. The Morgan fingerprint density at radius 1 is 1.38 bits per heavy atom. The van der Waals surface area contributed by atoms with Crippen molar-refractivity contribution in [3.63, 3.8) is 0 Å². The first-order valence-corrected chi connectivity index (χ1v) is 5.32. The Morgan fingerprint density at radius 2 is 2.06 bits per heavy atom. The second-order valence-corrected chi connectivity index (χ2v) is 4.11. The Morgan fingerprint density at radius 3 is 2.50 bits per heavy atom. The van der Waals surface area contributed by atoms with Gasteiger partial charge in [0.1, 0.15) is 0 Å². The smallest absolute Gasteiger partial charge is 0.252 e. The lowest BCUT2D eigenvalue weighted by Crippen LogP contribution is -2.36. The van der Waals surface area contributed by atoms with Gasteiger partial charge in [0.15, 0.2) is 5.82 Å². The van der Waals surface area contributed by atoms with Crippen LogP contribution in [0.5, 0.6) is 0 Å². The molecular formula is C11H16N4O. The average molecular weight is 220 g/mol. The summed E-state index contributed by atoms with van der Waals surface area (Å²) in [7, 11) is 0. The van der Waals surface area contributed by atoms with Gasteiger partial charge in [-0.1, -0.05) is 0 Å². The van der Waals surface area contributed by atoms with Crippen molar-refractivity contribution >= 4 is 11.7 Å². The van der Waals surface area contributed by atoms with Gasteiger partial charge in [-0.25, -0.2) is 0 Å². The van der Waals surface area contributed by atoms with Gasteiger partial charge >= 0.3 is 0 Å². The standard InChI is InChI=1S/C11H16N4O/c1-6-8(3)14-15-10(6)13-11(16)7(2)9-4-12-5-9/h12H,4-5H2,1-3H3,(H2,13,14,15,16). The number of carbonyl (C=O) groups is 1. The molecule has 0 spiro atoms. The first-order valence-electron chi connectivity index (χ1n) is 5.32. The molecule has 1 aliphatic heterocycles. The van der Waals surface area contributed by atoms with E-state index in [2.05, 4.69) is 20.8 Å². The SMILES string of the molecule is CC(C(=O)Nc1n[nH]c(C)c1C)=C1CNC1. The molecule has 0 bridgehead atoms. The van der Waals surface area contributed by atoms with Crippen molar-refractivity contribution in [1.29, 1.82) is 0 Å². The van der Waals surface area contributed by atoms with Crippen LogP contribution < -0.4 is 10.6 Å². The van der Waals surface area contributed by atoms with Crippen LogP contribution >= 0.6 is 0 Å². The summed E-state index contributed by atoms with van der Waals surface area (Å²) in [6, 6.07) is 0. The lowest BCUT2D eigenvalue weighted by atomic mass is 10.0. The van der Waals surface area contributed by atoms with Crippen molar-refractivity contribution in [3.05, 3.63) is 22.4 Å². The highest BCUT2D eigenvalue weighted by Gasteiger charge is 2.17. The summed E-state index contributed by atoms with van der Waals surface area (Å²) in [5.41, 5.74) is 3.92. The largest absolute Gasteiger partial charge is 0.309 e. The van der Waals surface area contributed by atoms with Gasteiger partial charge in [-0.2, -0.15) is 5.10 Å². The van der Waals surface area contributed by atoms with Crippen LogP contribution in [-0.4, -0.2) is 29.2 Å². The number of H-pyrrole nitrogens is 1.